The van der Waals surface area contributed by atoms with Crippen LogP contribution in [0.3, 0.4) is 0 Å². The highest BCUT2D eigenvalue weighted by atomic mass is 14.5. The molecule has 0 unspecified atom stereocenters. The lowest BCUT2D eigenvalue weighted by molar-refractivity contribution is 0.332. The van der Waals surface area contributed by atoms with Crippen molar-refractivity contribution in [3.8, 4) is 0 Å². The molecule has 1 aromatic rings. The van der Waals surface area contributed by atoms with E-state index in [0.29, 0.717) is 0 Å². The van der Waals surface area contributed by atoms with Crippen molar-refractivity contribution in [3.63, 3.8) is 0 Å². The summed E-state index contributed by atoms with van der Waals surface area (Å²) in [5, 5.41) is 0. The zero-order chi connectivity index (χ0) is 13.2. The quantitative estimate of drug-likeness (QED) is 0.829. The van der Waals surface area contributed by atoms with Crippen molar-refractivity contribution in [1.29, 1.82) is 0 Å². The molecule has 0 atom stereocenters. The van der Waals surface area contributed by atoms with E-state index in [9.17, 15) is 0 Å². The van der Waals surface area contributed by atoms with Gasteiger partial charge in [-0.05, 0) is 60.6 Å². The fraction of sp³-hybridized carbons (Fsp3) is 0.647. The molecule has 0 aliphatic heterocycles. The van der Waals surface area contributed by atoms with Gasteiger partial charge < -0.3 is 5.73 Å². The van der Waals surface area contributed by atoms with Crippen molar-refractivity contribution in [2.45, 2.75) is 57.8 Å². The summed E-state index contributed by atoms with van der Waals surface area (Å²) < 4.78 is 0. The predicted octanol–water partition coefficient (Wildman–Crippen LogP) is 4.22. The SMILES string of the molecule is CC(C)(C)c1ccc(C2CCC(CN)CC2)cc1. The Kier molecular flexibility index (Phi) is 4.11. The molecule has 1 fully saturated rings. The van der Waals surface area contributed by atoms with E-state index in [0.717, 1.165) is 18.4 Å². The van der Waals surface area contributed by atoms with Gasteiger partial charge in [-0.1, -0.05) is 45.0 Å². The molecule has 2 N–H and O–H groups in total. The first-order chi connectivity index (χ1) is 8.50. The topological polar surface area (TPSA) is 26.0 Å². The normalized spacial score (nSPS) is 25.1. The summed E-state index contributed by atoms with van der Waals surface area (Å²) in [6, 6.07) is 9.30. The Morgan fingerprint density at radius 1 is 1.00 bits per heavy atom. The van der Waals surface area contributed by atoms with Crippen molar-refractivity contribution < 1.29 is 0 Å². The third kappa shape index (κ3) is 3.14. The maximum absolute atomic E-state index is 5.76. The highest BCUT2D eigenvalue weighted by Crippen LogP contribution is 2.36. The molecule has 1 aliphatic rings. The number of hydrogen-bond donors (Lipinski definition) is 1. The standard InChI is InChI=1S/C17H27N/c1-17(2,3)16-10-8-15(9-11-16)14-6-4-13(12-18)5-7-14/h8-11,13-14H,4-7,12,18H2,1-3H3. The van der Waals surface area contributed by atoms with Gasteiger partial charge in [0.1, 0.15) is 0 Å². The van der Waals surface area contributed by atoms with Crippen molar-refractivity contribution in [2.75, 3.05) is 6.54 Å². The number of hydrogen-bond acceptors (Lipinski definition) is 1. The van der Waals surface area contributed by atoms with Gasteiger partial charge in [-0.25, -0.2) is 0 Å². The second-order valence-corrected chi connectivity index (χ2v) is 6.83. The van der Waals surface area contributed by atoms with Gasteiger partial charge in [0.05, 0.1) is 0 Å². The molecule has 18 heavy (non-hydrogen) atoms. The molecule has 1 nitrogen and oxygen atoms in total. The molecular weight excluding hydrogens is 218 g/mol. The van der Waals surface area contributed by atoms with Crippen LogP contribution in [0.25, 0.3) is 0 Å². The summed E-state index contributed by atoms with van der Waals surface area (Å²) in [5.74, 6) is 1.54. The molecule has 1 heteroatoms. The van der Waals surface area contributed by atoms with E-state index in [2.05, 4.69) is 45.0 Å². The molecule has 1 aromatic carbocycles. The first-order valence-electron chi connectivity index (χ1n) is 7.31. The van der Waals surface area contributed by atoms with E-state index in [1.165, 1.54) is 36.8 Å². The van der Waals surface area contributed by atoms with Crippen LogP contribution in [0.5, 0.6) is 0 Å². The van der Waals surface area contributed by atoms with E-state index in [1.54, 1.807) is 0 Å². The lowest BCUT2D eigenvalue weighted by Crippen LogP contribution is -2.20. The van der Waals surface area contributed by atoms with Gasteiger partial charge in [-0.3, -0.25) is 0 Å². The molecule has 0 radical (unpaired) electrons. The molecule has 0 saturated heterocycles. The van der Waals surface area contributed by atoms with Crippen molar-refractivity contribution in [2.24, 2.45) is 11.7 Å². The van der Waals surface area contributed by atoms with Gasteiger partial charge in [-0.2, -0.15) is 0 Å². The van der Waals surface area contributed by atoms with Gasteiger partial charge >= 0.3 is 0 Å². The van der Waals surface area contributed by atoms with Crippen LogP contribution in [0.1, 0.15) is 63.5 Å². The highest BCUT2D eigenvalue weighted by Gasteiger charge is 2.22. The second-order valence-electron chi connectivity index (χ2n) is 6.83. The predicted molar refractivity (Wildman–Crippen MR) is 78.9 cm³/mol. The van der Waals surface area contributed by atoms with Gasteiger partial charge in [0.2, 0.25) is 0 Å². The molecule has 1 aliphatic carbocycles. The molecule has 1 saturated carbocycles. The third-order valence-corrected chi connectivity index (χ3v) is 4.43. The van der Waals surface area contributed by atoms with Crippen LogP contribution in [0, 0.1) is 5.92 Å². The molecular formula is C17H27N. The molecule has 0 spiro atoms. The summed E-state index contributed by atoms with van der Waals surface area (Å²) in [5.41, 5.74) is 8.97. The van der Waals surface area contributed by atoms with E-state index in [4.69, 9.17) is 5.73 Å². The largest absolute Gasteiger partial charge is 0.330 e. The zero-order valence-electron chi connectivity index (χ0n) is 12.1. The van der Waals surface area contributed by atoms with E-state index in [1.807, 2.05) is 0 Å². The van der Waals surface area contributed by atoms with Crippen LogP contribution in [0.2, 0.25) is 0 Å². The van der Waals surface area contributed by atoms with Crippen molar-refractivity contribution >= 4 is 0 Å². The molecule has 0 heterocycles. The van der Waals surface area contributed by atoms with Crippen LogP contribution in [-0.4, -0.2) is 6.54 Å². The second kappa shape index (κ2) is 5.44. The van der Waals surface area contributed by atoms with Crippen molar-refractivity contribution in [1.82, 2.24) is 0 Å². The Hall–Kier alpha value is -0.820. The number of benzene rings is 1. The lowest BCUT2D eigenvalue weighted by Gasteiger charge is -2.28. The Morgan fingerprint density at radius 3 is 2.00 bits per heavy atom. The molecule has 2 rings (SSSR count). The average molecular weight is 245 g/mol. The van der Waals surface area contributed by atoms with Gasteiger partial charge in [0, 0.05) is 0 Å². The van der Waals surface area contributed by atoms with Crippen molar-refractivity contribution in [3.05, 3.63) is 35.4 Å². The molecule has 0 bridgehead atoms. The highest BCUT2D eigenvalue weighted by molar-refractivity contribution is 5.29. The number of nitrogens with two attached hydrogens (primary N) is 1. The summed E-state index contributed by atoms with van der Waals surface area (Å²) in [6.07, 6.45) is 5.25. The minimum absolute atomic E-state index is 0.260. The fourth-order valence-corrected chi connectivity index (χ4v) is 2.99. The Bertz CT molecular complexity index is 364. The van der Waals surface area contributed by atoms with E-state index in [-0.39, 0.29) is 5.41 Å². The molecule has 0 aromatic heterocycles. The summed E-state index contributed by atoms with van der Waals surface area (Å²) in [7, 11) is 0. The molecule has 100 valence electrons. The Balaban J connectivity index is 2.02. The maximum atomic E-state index is 5.76. The summed E-state index contributed by atoms with van der Waals surface area (Å²) in [4.78, 5) is 0. The summed E-state index contributed by atoms with van der Waals surface area (Å²) in [6.45, 7) is 7.69. The first-order valence-corrected chi connectivity index (χ1v) is 7.31. The molecule has 0 amide bonds. The van der Waals surface area contributed by atoms with Crippen LogP contribution in [0.15, 0.2) is 24.3 Å². The zero-order valence-corrected chi connectivity index (χ0v) is 12.1. The maximum Gasteiger partial charge on any atom is -0.00489 e. The van der Waals surface area contributed by atoms with Gasteiger partial charge in [0.15, 0.2) is 0 Å². The minimum atomic E-state index is 0.260. The first kappa shape index (κ1) is 13.6. The van der Waals surface area contributed by atoms with Gasteiger partial charge in [0.25, 0.3) is 0 Å². The fourth-order valence-electron chi connectivity index (χ4n) is 2.99. The third-order valence-electron chi connectivity index (χ3n) is 4.43. The van der Waals surface area contributed by atoms with Crippen LogP contribution in [0.4, 0.5) is 0 Å². The monoisotopic (exact) mass is 245 g/mol. The smallest absolute Gasteiger partial charge is 0.00489 e. The number of rotatable bonds is 2. The van der Waals surface area contributed by atoms with Gasteiger partial charge in [-0.15, -0.1) is 0 Å². The summed E-state index contributed by atoms with van der Waals surface area (Å²) >= 11 is 0. The van der Waals surface area contributed by atoms with Crippen LogP contribution >= 0.6 is 0 Å². The average Bonchev–Trinajstić information content (AvgIpc) is 2.38. The Labute approximate surface area is 112 Å². The minimum Gasteiger partial charge on any atom is -0.330 e. The van der Waals surface area contributed by atoms with E-state index < -0.39 is 0 Å². The van der Waals surface area contributed by atoms with Crippen LogP contribution in [-0.2, 0) is 5.41 Å². The van der Waals surface area contributed by atoms with Crippen LogP contribution < -0.4 is 5.73 Å². The Morgan fingerprint density at radius 2 is 1.56 bits per heavy atom. The lowest BCUT2D eigenvalue weighted by atomic mass is 9.78. The van der Waals surface area contributed by atoms with E-state index >= 15 is 0 Å².